The monoisotopic (exact) mass is 463 g/mol. The molecule has 3 aliphatic heterocycles. The molecule has 1 N–H and O–H groups in total. The number of nitrogens with zero attached hydrogens (tertiary/aromatic N) is 3. The van der Waals surface area contributed by atoms with Crippen LogP contribution in [0.4, 0.5) is 5.69 Å². The maximum atomic E-state index is 12.7. The van der Waals surface area contributed by atoms with Crippen molar-refractivity contribution in [3.63, 3.8) is 0 Å². The number of hydrogen-bond donors (Lipinski definition) is 1. The Morgan fingerprint density at radius 3 is 2.67 bits per heavy atom. The van der Waals surface area contributed by atoms with Gasteiger partial charge in [0.1, 0.15) is 11.9 Å². The van der Waals surface area contributed by atoms with Crippen LogP contribution in [0.2, 0.25) is 0 Å². The van der Waals surface area contributed by atoms with Gasteiger partial charge in [-0.05, 0) is 54.5 Å². The first-order valence-electron chi connectivity index (χ1n) is 11.1. The number of aromatic nitrogens is 1. The predicted octanol–water partition coefficient (Wildman–Crippen LogP) is 2.84. The van der Waals surface area contributed by atoms with Gasteiger partial charge in [-0.1, -0.05) is 18.2 Å². The lowest BCUT2D eigenvalue weighted by atomic mass is 9.74. The Bertz CT molecular complexity index is 1260. The van der Waals surface area contributed by atoms with Crippen LogP contribution in [0.5, 0.6) is 5.75 Å². The normalized spacial score (nSPS) is 28.4. The second-order valence-electron chi connectivity index (χ2n) is 9.05. The fraction of sp³-hybridized carbons (Fsp3) is 0.360. The minimum Gasteiger partial charge on any atom is -0.497 e. The number of esters is 1. The van der Waals surface area contributed by atoms with E-state index >= 15 is 0 Å². The van der Waals surface area contributed by atoms with Crippen molar-refractivity contribution in [2.24, 2.45) is 13.0 Å². The summed E-state index contributed by atoms with van der Waals surface area (Å²) in [5.41, 5.74) is 3.21. The third kappa shape index (κ3) is 2.97. The molecule has 1 aliphatic carbocycles. The molecule has 1 saturated carbocycles. The number of hydrogen-bond acceptors (Lipinski definition) is 5. The second-order valence-corrected chi connectivity index (χ2v) is 9.42. The fourth-order valence-electron chi connectivity index (χ4n) is 5.82. The van der Waals surface area contributed by atoms with E-state index in [0.29, 0.717) is 18.1 Å². The maximum absolute atomic E-state index is 12.7. The number of anilines is 1. The topological polar surface area (TPSA) is 67.2 Å². The summed E-state index contributed by atoms with van der Waals surface area (Å²) in [5, 5.41) is 12.6. The van der Waals surface area contributed by atoms with Crippen LogP contribution in [0.3, 0.4) is 0 Å². The van der Waals surface area contributed by atoms with E-state index in [1.807, 2.05) is 43.4 Å². The zero-order valence-corrected chi connectivity index (χ0v) is 19.2. The fourth-order valence-corrected chi connectivity index (χ4v) is 6.23. The smallest absolute Gasteiger partial charge is 0.311 e. The average molecular weight is 464 g/mol. The van der Waals surface area contributed by atoms with Gasteiger partial charge in [-0.2, -0.15) is 0 Å². The molecule has 7 nitrogen and oxygen atoms in total. The molecular formula is C25H25N3O4S. The molecule has 5 atom stereocenters. The predicted molar refractivity (Wildman–Crippen MR) is 128 cm³/mol. The molecule has 2 aromatic carbocycles. The van der Waals surface area contributed by atoms with Crippen molar-refractivity contribution in [1.82, 2.24) is 9.47 Å². The first-order valence-corrected chi connectivity index (χ1v) is 11.5. The van der Waals surface area contributed by atoms with Gasteiger partial charge in [0.05, 0.1) is 31.2 Å². The van der Waals surface area contributed by atoms with E-state index in [0.717, 1.165) is 22.5 Å². The number of benzene rings is 2. The van der Waals surface area contributed by atoms with Crippen LogP contribution in [-0.4, -0.2) is 57.1 Å². The molecule has 7 rings (SSSR count). The lowest BCUT2D eigenvalue weighted by Crippen LogP contribution is -2.66. The molecule has 1 aromatic heterocycles. The van der Waals surface area contributed by atoms with Crippen molar-refractivity contribution in [3.8, 4) is 5.75 Å². The summed E-state index contributed by atoms with van der Waals surface area (Å²) in [7, 11) is 3.67. The van der Waals surface area contributed by atoms with Gasteiger partial charge in [0.25, 0.3) is 0 Å². The molecule has 8 heteroatoms. The number of methoxy groups -OCH3 is 1. The number of aliphatic hydroxyl groups is 1. The number of ether oxygens (including phenoxy) is 2. The molecule has 0 amide bonds. The van der Waals surface area contributed by atoms with Crippen molar-refractivity contribution in [2.75, 3.05) is 12.0 Å². The highest BCUT2D eigenvalue weighted by Gasteiger charge is 2.63. The number of para-hydroxylation sites is 1. The summed E-state index contributed by atoms with van der Waals surface area (Å²) in [4.78, 5) is 16.9. The largest absolute Gasteiger partial charge is 0.497 e. The standard InChI is InChI=1S/C25H25N3O4S/c1-26-12-14(17-5-3-4-6-19(17)26)13-27-22-21(18-11-20(29)23(22)32-24(18)30)28(25(27)33)15-7-9-16(31-2)10-8-15/h3-10,12,18,20-23,29H,11,13H2,1-2H3. The Morgan fingerprint density at radius 2 is 1.91 bits per heavy atom. The maximum Gasteiger partial charge on any atom is 0.311 e. The van der Waals surface area contributed by atoms with Gasteiger partial charge in [-0.15, -0.1) is 0 Å². The summed E-state index contributed by atoms with van der Waals surface area (Å²) < 4.78 is 13.1. The van der Waals surface area contributed by atoms with Crippen LogP contribution >= 0.6 is 12.2 Å². The highest BCUT2D eigenvalue weighted by Crippen LogP contribution is 2.46. The second kappa shape index (κ2) is 7.46. The molecular weight excluding hydrogens is 438 g/mol. The van der Waals surface area contributed by atoms with E-state index in [1.54, 1.807) is 7.11 Å². The highest BCUT2D eigenvalue weighted by atomic mass is 32.1. The van der Waals surface area contributed by atoms with Crippen molar-refractivity contribution in [3.05, 3.63) is 60.3 Å². The Morgan fingerprint density at radius 1 is 1.15 bits per heavy atom. The Balaban J connectivity index is 1.44. The van der Waals surface area contributed by atoms with Crippen LogP contribution in [0.15, 0.2) is 54.7 Å². The van der Waals surface area contributed by atoms with E-state index in [-0.39, 0.29) is 18.1 Å². The molecule has 4 heterocycles. The van der Waals surface area contributed by atoms with Crippen LogP contribution in [0.25, 0.3) is 10.9 Å². The summed E-state index contributed by atoms with van der Waals surface area (Å²) in [6, 6.07) is 15.6. The van der Waals surface area contributed by atoms with Gasteiger partial charge in [-0.25, -0.2) is 0 Å². The Kier molecular flexibility index (Phi) is 4.64. The lowest BCUT2D eigenvalue weighted by molar-refractivity contribution is -0.194. The van der Waals surface area contributed by atoms with E-state index in [1.165, 1.54) is 5.39 Å². The molecule has 0 radical (unpaired) electrons. The number of aliphatic hydroxyl groups excluding tert-OH is 1. The molecule has 5 unspecified atom stereocenters. The molecule has 2 bridgehead atoms. The van der Waals surface area contributed by atoms with Crippen molar-refractivity contribution in [1.29, 1.82) is 0 Å². The summed E-state index contributed by atoms with van der Waals surface area (Å²) in [5.74, 6) is 0.0699. The number of fused-ring (bicyclic) bond motifs is 3. The van der Waals surface area contributed by atoms with Gasteiger partial charge in [0.2, 0.25) is 0 Å². The van der Waals surface area contributed by atoms with Crippen LogP contribution in [-0.2, 0) is 23.1 Å². The zero-order chi connectivity index (χ0) is 22.9. The SMILES string of the molecule is COc1ccc(N2C(=S)N(Cc3cn(C)c4ccccc34)C3C4OC(=O)C(CC4O)C32)cc1. The van der Waals surface area contributed by atoms with Gasteiger partial charge in [0.15, 0.2) is 5.11 Å². The van der Waals surface area contributed by atoms with E-state index in [9.17, 15) is 9.90 Å². The van der Waals surface area contributed by atoms with Gasteiger partial charge in [0, 0.05) is 36.4 Å². The summed E-state index contributed by atoms with van der Waals surface area (Å²) >= 11 is 6.02. The average Bonchev–Trinajstić information content (AvgIpc) is 3.30. The third-order valence-electron chi connectivity index (χ3n) is 7.31. The number of rotatable bonds is 4. The van der Waals surface area contributed by atoms with E-state index in [4.69, 9.17) is 21.7 Å². The van der Waals surface area contributed by atoms with Crippen molar-refractivity contribution < 1.29 is 19.4 Å². The van der Waals surface area contributed by atoms with Crippen molar-refractivity contribution in [2.45, 2.75) is 37.3 Å². The third-order valence-corrected chi connectivity index (χ3v) is 7.74. The zero-order valence-electron chi connectivity index (χ0n) is 18.4. The van der Waals surface area contributed by atoms with Crippen LogP contribution < -0.4 is 9.64 Å². The molecule has 170 valence electrons. The number of carbonyl (C=O) groups is 1. The van der Waals surface area contributed by atoms with Crippen LogP contribution in [0.1, 0.15) is 12.0 Å². The Hall–Kier alpha value is -3.10. The minimum absolute atomic E-state index is 0.185. The Labute approximate surface area is 197 Å². The molecule has 4 aliphatic rings. The quantitative estimate of drug-likeness (QED) is 0.471. The molecule has 4 fully saturated rings. The molecule has 0 spiro atoms. The molecule has 3 saturated heterocycles. The van der Waals surface area contributed by atoms with E-state index in [2.05, 4.69) is 32.7 Å². The lowest BCUT2D eigenvalue weighted by Gasteiger charge is -2.49. The van der Waals surface area contributed by atoms with Gasteiger partial charge >= 0.3 is 5.97 Å². The number of carbonyl (C=O) groups excluding carboxylic acids is 1. The van der Waals surface area contributed by atoms with E-state index < -0.39 is 18.1 Å². The summed E-state index contributed by atoms with van der Waals surface area (Å²) in [6.45, 7) is 0.571. The highest BCUT2D eigenvalue weighted by molar-refractivity contribution is 7.80. The first kappa shape index (κ1) is 20.5. The molecule has 33 heavy (non-hydrogen) atoms. The van der Waals surface area contributed by atoms with Gasteiger partial charge < -0.3 is 28.9 Å². The van der Waals surface area contributed by atoms with Crippen molar-refractivity contribution >= 4 is 39.9 Å². The van der Waals surface area contributed by atoms with Gasteiger partial charge in [-0.3, -0.25) is 4.79 Å². The number of thiocarbonyl (C=S) groups is 1. The van der Waals surface area contributed by atoms with Crippen LogP contribution in [0, 0.1) is 5.92 Å². The molecule has 3 aromatic rings. The summed E-state index contributed by atoms with van der Waals surface area (Å²) in [6.07, 6.45) is 1.22. The number of aryl methyl sites for hydroxylation is 1. The first-order chi connectivity index (χ1) is 16.0. The minimum atomic E-state index is -0.692.